The molecule has 1 aliphatic rings. The van der Waals surface area contributed by atoms with Gasteiger partial charge in [0, 0.05) is 38.8 Å². The summed E-state index contributed by atoms with van der Waals surface area (Å²) in [4.78, 5) is 30.7. The minimum absolute atomic E-state index is 0.0259. The van der Waals surface area contributed by atoms with Gasteiger partial charge >= 0.3 is 5.97 Å². The number of fused-ring (bicyclic) bond motifs is 3. The number of carboxylic acid groups (broad SMARTS) is 1. The van der Waals surface area contributed by atoms with Gasteiger partial charge in [0.15, 0.2) is 5.82 Å². The first-order valence-electron chi connectivity index (χ1n) is 14.8. The van der Waals surface area contributed by atoms with Crippen molar-refractivity contribution < 1.29 is 23.1 Å². The number of aliphatic imine (C=N–C) groups is 1. The summed E-state index contributed by atoms with van der Waals surface area (Å²) in [7, 11) is 1.62. The molecule has 3 heterocycles. The van der Waals surface area contributed by atoms with Crippen molar-refractivity contribution in [2.75, 3.05) is 6.54 Å². The summed E-state index contributed by atoms with van der Waals surface area (Å²) in [6.07, 6.45) is 0.238. The van der Waals surface area contributed by atoms with E-state index in [4.69, 9.17) is 15.7 Å². The van der Waals surface area contributed by atoms with Crippen LogP contribution in [-0.4, -0.2) is 52.4 Å². The summed E-state index contributed by atoms with van der Waals surface area (Å²) in [5.41, 5.74) is 6.70. The molecule has 0 unspecified atom stereocenters. The van der Waals surface area contributed by atoms with Gasteiger partial charge in [0.1, 0.15) is 16.9 Å². The first-order chi connectivity index (χ1) is 22.4. The van der Waals surface area contributed by atoms with Crippen LogP contribution in [0.15, 0.2) is 82.7 Å². The number of carboxylic acids is 1. The Bertz CT molecular complexity index is 2150. The van der Waals surface area contributed by atoms with Gasteiger partial charge in [-0.2, -0.15) is 0 Å². The van der Waals surface area contributed by atoms with Crippen LogP contribution in [0.3, 0.4) is 0 Å². The molecule has 1 atom stereocenters. The van der Waals surface area contributed by atoms with E-state index >= 15 is 0 Å². The van der Waals surface area contributed by atoms with Crippen molar-refractivity contribution in [2.24, 2.45) is 4.99 Å². The van der Waals surface area contributed by atoms with E-state index in [1.54, 1.807) is 35.6 Å². The number of aromatic nitrogens is 3. The Morgan fingerprint density at radius 3 is 2.28 bits per heavy atom. The molecule has 47 heavy (non-hydrogen) atoms. The quantitative estimate of drug-likeness (QED) is 0.176. The van der Waals surface area contributed by atoms with Crippen LogP contribution in [0.4, 0.5) is 0 Å². The van der Waals surface area contributed by atoms with E-state index in [2.05, 4.69) is 29.4 Å². The highest BCUT2D eigenvalue weighted by molar-refractivity contribution is 8.13. The van der Waals surface area contributed by atoms with Crippen LogP contribution in [0, 0.1) is 20.8 Å². The molecule has 5 aromatic rings. The number of hydrogen-bond acceptors (Lipinski definition) is 8. The monoisotopic (exact) mass is 687 g/mol. The minimum atomic E-state index is -3.82. The molecule has 1 amide bonds. The Balaban J connectivity index is 1.20. The molecule has 0 spiro atoms. The van der Waals surface area contributed by atoms with E-state index in [-0.39, 0.29) is 17.2 Å². The van der Waals surface area contributed by atoms with Gasteiger partial charge < -0.3 is 10.4 Å². The highest BCUT2D eigenvalue weighted by Crippen LogP contribution is 2.39. The third kappa shape index (κ3) is 6.62. The number of nitrogens with zero attached hydrogens (tertiary/aromatic N) is 4. The number of benzene rings is 3. The fourth-order valence-electron chi connectivity index (χ4n) is 5.60. The minimum Gasteiger partial charge on any atom is -0.481 e. The third-order valence-electron chi connectivity index (χ3n) is 8.13. The Hall–Kier alpha value is -4.65. The molecule has 0 saturated heterocycles. The molecule has 6 rings (SSSR count). The zero-order valence-corrected chi connectivity index (χ0v) is 28.1. The molecule has 0 bridgehead atoms. The smallest absolute Gasteiger partial charge is 0.306 e. The van der Waals surface area contributed by atoms with E-state index in [1.807, 2.05) is 47.9 Å². The highest BCUT2D eigenvalue weighted by Gasteiger charge is 2.32. The predicted molar refractivity (Wildman–Crippen MR) is 181 cm³/mol. The van der Waals surface area contributed by atoms with Gasteiger partial charge in [-0.05, 0) is 73.7 Å². The van der Waals surface area contributed by atoms with Crippen molar-refractivity contribution in [2.45, 2.75) is 44.6 Å². The summed E-state index contributed by atoms with van der Waals surface area (Å²) >= 11 is 1.61. The Morgan fingerprint density at radius 2 is 1.62 bits per heavy atom. The van der Waals surface area contributed by atoms with E-state index in [1.165, 1.54) is 12.1 Å². The Morgan fingerprint density at radius 1 is 0.957 bits per heavy atom. The maximum Gasteiger partial charge on any atom is 0.306 e. The van der Waals surface area contributed by atoms with E-state index in [0.29, 0.717) is 35.9 Å². The highest BCUT2D eigenvalue weighted by atomic mass is 35.7. The van der Waals surface area contributed by atoms with Crippen molar-refractivity contribution in [3.63, 3.8) is 0 Å². The fraction of sp³-hybridized carbons (Fsp3) is 0.206. The van der Waals surface area contributed by atoms with Gasteiger partial charge in [0.2, 0.25) is 0 Å². The molecule has 2 aromatic heterocycles. The summed E-state index contributed by atoms with van der Waals surface area (Å²) in [6, 6.07) is 20.8. The van der Waals surface area contributed by atoms with Gasteiger partial charge in [-0.25, -0.2) is 8.42 Å². The fourth-order valence-corrected chi connectivity index (χ4v) is 7.63. The lowest BCUT2D eigenvalue weighted by molar-refractivity contribution is -0.137. The SMILES string of the molecule is Cc1sc2c(c1C)C(c1ccc(-c3ccc(C(=O)NCCc4cccc(S(=O)(=O)Cl)c4)cc3)cc1)=N[C@@H](CC(=O)O)c1nnc(C)n1-2. The summed E-state index contributed by atoms with van der Waals surface area (Å²) < 4.78 is 25.1. The maximum atomic E-state index is 12.8. The number of nitrogens with one attached hydrogen (secondary N) is 1. The second-order valence-corrected chi connectivity index (χ2v) is 15.0. The molecular formula is C34H30ClN5O5S2. The number of carbonyl (C=O) groups is 2. The van der Waals surface area contributed by atoms with E-state index in [9.17, 15) is 23.1 Å². The first-order valence-corrected chi connectivity index (χ1v) is 17.9. The van der Waals surface area contributed by atoms with Gasteiger partial charge in [0.25, 0.3) is 15.0 Å². The zero-order valence-electron chi connectivity index (χ0n) is 25.7. The molecule has 10 nitrogen and oxygen atoms in total. The van der Waals surface area contributed by atoms with Crippen LogP contribution in [0.2, 0.25) is 0 Å². The molecule has 0 fully saturated rings. The normalized spacial score (nSPS) is 14.1. The van der Waals surface area contributed by atoms with Crippen LogP contribution in [0.25, 0.3) is 16.1 Å². The molecule has 3 aromatic carbocycles. The molecule has 13 heteroatoms. The maximum absolute atomic E-state index is 12.8. The molecule has 0 aliphatic carbocycles. The number of hydrogen-bond donors (Lipinski definition) is 2. The van der Waals surface area contributed by atoms with Crippen molar-refractivity contribution in [1.82, 2.24) is 20.1 Å². The summed E-state index contributed by atoms with van der Waals surface area (Å²) in [5, 5.41) is 22.1. The lowest BCUT2D eigenvalue weighted by Crippen LogP contribution is -2.25. The van der Waals surface area contributed by atoms with Crippen molar-refractivity contribution >= 4 is 48.7 Å². The number of rotatable bonds is 9. The number of aryl methyl sites for hydroxylation is 2. The van der Waals surface area contributed by atoms with Crippen LogP contribution in [-0.2, 0) is 20.3 Å². The van der Waals surface area contributed by atoms with Crippen LogP contribution >= 0.6 is 22.0 Å². The van der Waals surface area contributed by atoms with Gasteiger partial charge in [-0.1, -0.05) is 48.5 Å². The first kappa shape index (κ1) is 32.3. The zero-order chi connectivity index (χ0) is 33.5. The van der Waals surface area contributed by atoms with E-state index < -0.39 is 21.1 Å². The number of carbonyl (C=O) groups excluding carboxylic acids is 1. The Labute approximate surface area is 280 Å². The number of aliphatic carboxylic acids is 1. The van der Waals surface area contributed by atoms with Crippen molar-refractivity contribution in [1.29, 1.82) is 0 Å². The largest absolute Gasteiger partial charge is 0.481 e. The molecule has 240 valence electrons. The van der Waals surface area contributed by atoms with Crippen LogP contribution in [0.1, 0.15) is 61.6 Å². The average molecular weight is 688 g/mol. The van der Waals surface area contributed by atoms with Gasteiger partial charge in [0.05, 0.1) is 17.0 Å². The lowest BCUT2D eigenvalue weighted by atomic mass is 9.96. The van der Waals surface area contributed by atoms with Crippen molar-refractivity contribution in [3.8, 4) is 16.1 Å². The second kappa shape index (κ2) is 12.9. The molecule has 0 radical (unpaired) electrons. The Kier molecular flexibility index (Phi) is 8.84. The summed E-state index contributed by atoms with van der Waals surface area (Å²) in [6.45, 7) is 6.29. The molecule has 0 saturated carbocycles. The molecule has 2 N–H and O–H groups in total. The van der Waals surface area contributed by atoms with Crippen LogP contribution in [0.5, 0.6) is 0 Å². The lowest BCUT2D eigenvalue weighted by Gasteiger charge is -2.12. The van der Waals surface area contributed by atoms with Gasteiger partial charge in [-0.15, -0.1) is 21.5 Å². The average Bonchev–Trinajstić information content (AvgIpc) is 3.52. The topological polar surface area (TPSA) is 144 Å². The standard InChI is InChI=1S/C34H30ClN5O5S2/c1-19-20(2)46-34-30(19)31(37-28(18-29(41)42)32-39-38-21(3)40(32)34)25-11-7-23(8-12-25)24-9-13-26(14-10-24)33(43)36-16-15-22-5-4-6-27(17-22)47(35,44)45/h4-14,17,28H,15-16,18H2,1-3H3,(H,36,43)(H,41,42)/t28-/m0/s1. The van der Waals surface area contributed by atoms with E-state index in [0.717, 1.165) is 43.3 Å². The molecular weight excluding hydrogens is 658 g/mol. The number of amides is 1. The third-order valence-corrected chi connectivity index (χ3v) is 10.7. The predicted octanol–water partition coefficient (Wildman–Crippen LogP) is 6.19. The van der Waals surface area contributed by atoms with Crippen molar-refractivity contribution in [3.05, 3.63) is 117 Å². The number of halogens is 1. The van der Waals surface area contributed by atoms with Gasteiger partial charge in [-0.3, -0.25) is 19.1 Å². The van der Waals surface area contributed by atoms with Crippen LogP contribution < -0.4 is 5.32 Å². The summed E-state index contributed by atoms with van der Waals surface area (Å²) in [5.74, 6) is -0.0147. The number of thiophene rings is 1. The molecule has 1 aliphatic heterocycles. The second-order valence-electron chi connectivity index (χ2n) is 11.2.